The van der Waals surface area contributed by atoms with Crippen molar-refractivity contribution in [3.05, 3.63) is 71.2 Å². The van der Waals surface area contributed by atoms with Crippen molar-refractivity contribution in [3.63, 3.8) is 0 Å². The van der Waals surface area contributed by atoms with Crippen molar-refractivity contribution in [2.45, 2.75) is 6.61 Å². The fourth-order valence-corrected chi connectivity index (χ4v) is 2.55. The van der Waals surface area contributed by atoms with Gasteiger partial charge in [-0.25, -0.2) is 4.79 Å². The Balaban J connectivity index is 1.44. The first kappa shape index (κ1) is 15.4. The topological polar surface area (TPSA) is 81.0 Å². The van der Waals surface area contributed by atoms with Crippen LogP contribution in [0, 0.1) is 0 Å². The zero-order valence-electron chi connectivity index (χ0n) is 12.9. The Morgan fingerprint density at radius 3 is 2.84 bits per heavy atom. The summed E-state index contributed by atoms with van der Waals surface area (Å²) in [5, 5.41) is 5.44. The van der Waals surface area contributed by atoms with Gasteiger partial charge in [0, 0.05) is 27.7 Å². The van der Waals surface area contributed by atoms with E-state index >= 15 is 0 Å². The van der Waals surface area contributed by atoms with Crippen molar-refractivity contribution in [2.75, 3.05) is 0 Å². The lowest BCUT2D eigenvalue weighted by Gasteiger charge is -2.02. The average molecular weight is 354 g/mol. The fraction of sp³-hybridized carbons (Fsp3) is 0.0556. The summed E-state index contributed by atoms with van der Waals surface area (Å²) in [6.45, 7) is -0.0927. The van der Waals surface area contributed by atoms with Gasteiger partial charge in [0.2, 0.25) is 5.82 Å². The maximum Gasteiger partial charge on any atom is 0.338 e. The SMILES string of the molecule is O=C(OCc1nc(-c2ccc(Cl)cc2)no1)c1ccc2[nH]ccc2c1. The Labute approximate surface area is 147 Å². The van der Waals surface area contributed by atoms with Crippen LogP contribution in [0.4, 0.5) is 0 Å². The van der Waals surface area contributed by atoms with E-state index in [4.69, 9.17) is 20.9 Å². The van der Waals surface area contributed by atoms with Crippen LogP contribution in [0.15, 0.2) is 59.3 Å². The highest BCUT2D eigenvalue weighted by molar-refractivity contribution is 6.30. The van der Waals surface area contributed by atoms with Gasteiger partial charge < -0.3 is 14.2 Å². The minimum Gasteiger partial charge on any atom is -0.452 e. The molecule has 2 aromatic heterocycles. The number of benzene rings is 2. The smallest absolute Gasteiger partial charge is 0.338 e. The summed E-state index contributed by atoms with van der Waals surface area (Å²) < 4.78 is 10.4. The number of carbonyl (C=O) groups excluding carboxylic acids is 1. The van der Waals surface area contributed by atoms with E-state index in [0.29, 0.717) is 16.4 Å². The molecule has 6 nitrogen and oxygen atoms in total. The van der Waals surface area contributed by atoms with Gasteiger partial charge in [0.25, 0.3) is 5.89 Å². The molecule has 0 aliphatic rings. The predicted octanol–water partition coefficient (Wildman–Crippen LogP) is 4.23. The first-order valence-corrected chi connectivity index (χ1v) is 7.90. The third-order valence-electron chi connectivity index (χ3n) is 3.69. The van der Waals surface area contributed by atoms with Gasteiger partial charge in [-0.15, -0.1) is 0 Å². The Kier molecular flexibility index (Phi) is 3.95. The number of ether oxygens (including phenoxy) is 1. The van der Waals surface area contributed by atoms with E-state index in [1.54, 1.807) is 36.4 Å². The number of hydrogen-bond donors (Lipinski definition) is 1. The fourth-order valence-electron chi connectivity index (χ4n) is 2.42. The van der Waals surface area contributed by atoms with E-state index in [2.05, 4.69) is 15.1 Å². The van der Waals surface area contributed by atoms with Crippen LogP contribution in [0.5, 0.6) is 0 Å². The number of rotatable bonds is 4. The van der Waals surface area contributed by atoms with Gasteiger partial charge in [0.05, 0.1) is 5.56 Å². The minimum atomic E-state index is -0.450. The van der Waals surface area contributed by atoms with Crippen molar-refractivity contribution >= 4 is 28.5 Å². The quantitative estimate of drug-likeness (QED) is 0.555. The molecule has 0 aliphatic carbocycles. The van der Waals surface area contributed by atoms with Crippen LogP contribution in [0.2, 0.25) is 5.02 Å². The summed E-state index contributed by atoms with van der Waals surface area (Å²) in [5.41, 5.74) is 2.19. The van der Waals surface area contributed by atoms with Gasteiger partial charge in [0.1, 0.15) is 0 Å². The molecule has 0 spiro atoms. The first-order valence-electron chi connectivity index (χ1n) is 7.52. The van der Waals surface area contributed by atoms with Gasteiger partial charge >= 0.3 is 5.97 Å². The molecule has 0 atom stereocenters. The molecule has 7 heteroatoms. The van der Waals surface area contributed by atoms with Gasteiger partial charge in [-0.3, -0.25) is 0 Å². The number of nitrogens with one attached hydrogen (secondary N) is 1. The van der Waals surface area contributed by atoms with Gasteiger partial charge in [-0.2, -0.15) is 4.98 Å². The van der Waals surface area contributed by atoms with E-state index in [-0.39, 0.29) is 12.5 Å². The second kappa shape index (κ2) is 6.41. The normalized spacial score (nSPS) is 10.9. The molecule has 1 N–H and O–H groups in total. The van der Waals surface area contributed by atoms with E-state index in [9.17, 15) is 4.79 Å². The number of esters is 1. The average Bonchev–Trinajstić information content (AvgIpc) is 3.29. The van der Waals surface area contributed by atoms with E-state index < -0.39 is 5.97 Å². The molecule has 0 aliphatic heterocycles. The Morgan fingerprint density at radius 2 is 2.00 bits per heavy atom. The summed E-state index contributed by atoms with van der Waals surface area (Å²) in [4.78, 5) is 19.4. The lowest BCUT2D eigenvalue weighted by Crippen LogP contribution is -2.05. The zero-order valence-corrected chi connectivity index (χ0v) is 13.7. The Morgan fingerprint density at radius 1 is 1.16 bits per heavy atom. The Bertz CT molecular complexity index is 1040. The van der Waals surface area contributed by atoms with Crippen molar-refractivity contribution in [1.29, 1.82) is 0 Å². The molecule has 0 fully saturated rings. The van der Waals surface area contributed by atoms with Crippen molar-refractivity contribution in [3.8, 4) is 11.4 Å². The highest BCUT2D eigenvalue weighted by atomic mass is 35.5. The number of aromatic nitrogens is 3. The largest absolute Gasteiger partial charge is 0.452 e. The lowest BCUT2D eigenvalue weighted by molar-refractivity contribution is 0.0430. The van der Waals surface area contributed by atoms with Crippen LogP contribution in [0.25, 0.3) is 22.3 Å². The maximum atomic E-state index is 12.2. The number of carbonyl (C=O) groups is 1. The van der Waals surface area contributed by atoms with Crippen LogP contribution in [-0.2, 0) is 11.3 Å². The predicted molar refractivity (Wildman–Crippen MR) is 92.2 cm³/mol. The molecular weight excluding hydrogens is 342 g/mol. The van der Waals surface area contributed by atoms with E-state index in [1.165, 1.54) is 0 Å². The van der Waals surface area contributed by atoms with Crippen LogP contribution >= 0.6 is 11.6 Å². The highest BCUT2D eigenvalue weighted by Crippen LogP contribution is 2.19. The van der Waals surface area contributed by atoms with Crippen LogP contribution < -0.4 is 0 Å². The molecule has 4 rings (SSSR count). The number of aromatic amines is 1. The number of hydrogen-bond acceptors (Lipinski definition) is 5. The number of H-pyrrole nitrogens is 1. The first-order chi connectivity index (χ1) is 12.2. The molecule has 0 radical (unpaired) electrons. The molecule has 0 saturated carbocycles. The number of halogens is 1. The monoisotopic (exact) mass is 353 g/mol. The summed E-state index contributed by atoms with van der Waals surface area (Å²) in [6.07, 6.45) is 1.82. The minimum absolute atomic E-state index is 0.0927. The standard InChI is InChI=1S/C18H12ClN3O3/c19-14-4-1-11(2-5-14)17-21-16(25-22-17)10-24-18(23)13-3-6-15-12(9-13)7-8-20-15/h1-9,20H,10H2. The van der Waals surface area contributed by atoms with Crippen LogP contribution in [0.3, 0.4) is 0 Å². The van der Waals surface area contributed by atoms with Gasteiger partial charge in [-0.1, -0.05) is 16.8 Å². The molecule has 25 heavy (non-hydrogen) atoms. The zero-order chi connectivity index (χ0) is 17.2. The number of nitrogens with zero attached hydrogens (tertiary/aromatic N) is 2. The van der Waals surface area contributed by atoms with Crippen molar-refractivity contribution in [1.82, 2.24) is 15.1 Å². The molecule has 0 unspecified atom stereocenters. The van der Waals surface area contributed by atoms with Crippen LogP contribution in [0.1, 0.15) is 16.2 Å². The third-order valence-corrected chi connectivity index (χ3v) is 3.94. The highest BCUT2D eigenvalue weighted by Gasteiger charge is 2.13. The Hall–Kier alpha value is -3.12. The molecule has 0 bridgehead atoms. The van der Waals surface area contributed by atoms with Gasteiger partial charge in [-0.05, 0) is 48.5 Å². The van der Waals surface area contributed by atoms with E-state index in [0.717, 1.165) is 16.5 Å². The molecule has 124 valence electrons. The molecule has 4 aromatic rings. The van der Waals surface area contributed by atoms with Crippen molar-refractivity contribution < 1.29 is 14.1 Å². The molecule has 2 aromatic carbocycles. The summed E-state index contributed by atoms with van der Waals surface area (Å²) in [7, 11) is 0. The van der Waals surface area contributed by atoms with Crippen LogP contribution in [-0.4, -0.2) is 21.1 Å². The maximum absolute atomic E-state index is 12.2. The second-order valence-corrected chi connectivity index (χ2v) is 5.81. The van der Waals surface area contributed by atoms with Gasteiger partial charge in [0.15, 0.2) is 6.61 Å². The third kappa shape index (κ3) is 3.25. The van der Waals surface area contributed by atoms with E-state index in [1.807, 2.05) is 18.3 Å². The molecule has 2 heterocycles. The summed E-state index contributed by atoms with van der Waals surface area (Å²) in [5.74, 6) is 0.187. The second-order valence-electron chi connectivity index (χ2n) is 5.37. The van der Waals surface area contributed by atoms with Crippen molar-refractivity contribution in [2.24, 2.45) is 0 Å². The summed E-state index contributed by atoms with van der Waals surface area (Å²) in [6, 6.07) is 14.2. The lowest BCUT2D eigenvalue weighted by atomic mass is 10.1. The molecule has 0 saturated heterocycles. The molecule has 0 amide bonds. The molecular formula is C18H12ClN3O3. The summed E-state index contributed by atoms with van der Waals surface area (Å²) >= 11 is 5.85. The number of fused-ring (bicyclic) bond motifs is 1.